The number of anilines is 2. The Kier molecular flexibility index (Phi) is 2.23. The summed E-state index contributed by atoms with van der Waals surface area (Å²) < 4.78 is 0.664. The second kappa shape index (κ2) is 3.73. The molecule has 0 amide bonds. The van der Waals surface area contributed by atoms with Crippen molar-refractivity contribution in [1.82, 2.24) is 9.97 Å². The normalized spacial score (nSPS) is 10.8. The van der Waals surface area contributed by atoms with Gasteiger partial charge in [-0.05, 0) is 29.0 Å². The average Bonchev–Trinajstić information content (AvgIpc) is 2.87. The molecule has 3 rings (SSSR count). The molecule has 3 aromatic heterocycles. The van der Waals surface area contributed by atoms with Gasteiger partial charge < -0.3 is 5.32 Å². The first-order valence-electron chi connectivity index (χ1n) is 4.61. The summed E-state index contributed by atoms with van der Waals surface area (Å²) in [5.41, 5.74) is 0.631. The maximum absolute atomic E-state index is 11.7. The number of hydrogen-bond donors (Lipinski definition) is 2. The molecule has 4 nitrogen and oxygen atoms in total. The first-order valence-corrected chi connectivity index (χ1v) is 6.37. The summed E-state index contributed by atoms with van der Waals surface area (Å²) in [5, 5.41) is 7.84. The minimum absolute atomic E-state index is 0.0981. The van der Waals surface area contributed by atoms with Crippen molar-refractivity contribution in [3.05, 3.63) is 39.3 Å². The summed E-state index contributed by atoms with van der Waals surface area (Å²) in [5.74, 6) is 0.485. The molecule has 0 fully saturated rings. The van der Waals surface area contributed by atoms with Crippen LogP contribution in [0.5, 0.6) is 0 Å². The third-order valence-electron chi connectivity index (χ3n) is 2.08. The molecule has 0 radical (unpaired) electrons. The number of rotatable bonds is 2. The molecule has 6 heteroatoms. The molecule has 0 saturated carbocycles. The number of nitrogens with zero attached hydrogens (tertiary/aromatic N) is 1. The Hall–Kier alpha value is -1.66. The molecule has 0 unspecified atom stereocenters. The van der Waals surface area contributed by atoms with Crippen LogP contribution < -0.4 is 10.9 Å². The highest BCUT2D eigenvalue weighted by Gasteiger charge is 2.04. The summed E-state index contributed by atoms with van der Waals surface area (Å²) in [6, 6.07) is 5.71. The van der Waals surface area contributed by atoms with Crippen LogP contribution >= 0.6 is 22.7 Å². The predicted octanol–water partition coefficient (Wildman–Crippen LogP) is 2.79. The fraction of sp³-hybridized carbons (Fsp3) is 0. The Balaban J connectivity index is 2.07. The van der Waals surface area contributed by atoms with E-state index in [-0.39, 0.29) is 5.56 Å². The molecule has 0 atom stereocenters. The predicted molar refractivity (Wildman–Crippen MR) is 67.8 cm³/mol. The van der Waals surface area contributed by atoms with Crippen LogP contribution in [0.3, 0.4) is 0 Å². The Labute approximate surface area is 98.6 Å². The van der Waals surface area contributed by atoms with Crippen molar-refractivity contribution in [2.24, 2.45) is 0 Å². The third-order valence-corrected chi connectivity index (χ3v) is 3.77. The first-order chi connectivity index (χ1) is 7.83. The van der Waals surface area contributed by atoms with Gasteiger partial charge in [0.25, 0.3) is 5.56 Å². The smallest absolute Gasteiger partial charge is 0.270 e. The molecule has 16 heavy (non-hydrogen) atoms. The van der Waals surface area contributed by atoms with Gasteiger partial charge in [0, 0.05) is 0 Å². The molecule has 0 aromatic carbocycles. The molecular formula is C10H7N3OS2. The number of thiophene rings is 2. The SMILES string of the molecule is O=c1[nH]c(Nc2cccs2)nc2ccsc12. The van der Waals surface area contributed by atoms with Crippen molar-refractivity contribution in [3.63, 3.8) is 0 Å². The van der Waals surface area contributed by atoms with Crippen LogP contribution in [0.1, 0.15) is 0 Å². The summed E-state index contributed by atoms with van der Waals surface area (Å²) in [7, 11) is 0. The van der Waals surface area contributed by atoms with E-state index in [0.29, 0.717) is 10.6 Å². The number of nitrogens with one attached hydrogen (secondary N) is 2. The van der Waals surface area contributed by atoms with Gasteiger partial charge >= 0.3 is 0 Å². The van der Waals surface area contributed by atoms with Crippen molar-refractivity contribution in [1.29, 1.82) is 0 Å². The van der Waals surface area contributed by atoms with Crippen LogP contribution in [0, 0.1) is 0 Å². The zero-order valence-electron chi connectivity index (χ0n) is 8.06. The summed E-state index contributed by atoms with van der Waals surface area (Å²) >= 11 is 2.96. The van der Waals surface area contributed by atoms with Gasteiger partial charge in [0.2, 0.25) is 5.95 Å². The zero-order chi connectivity index (χ0) is 11.0. The molecule has 2 N–H and O–H groups in total. The van der Waals surface area contributed by atoms with Gasteiger partial charge in [-0.1, -0.05) is 0 Å². The molecule has 0 aliphatic rings. The second-order valence-corrected chi connectivity index (χ2v) is 5.02. The fourth-order valence-electron chi connectivity index (χ4n) is 1.40. The highest BCUT2D eigenvalue weighted by atomic mass is 32.1. The van der Waals surface area contributed by atoms with Gasteiger partial charge in [0.05, 0.1) is 10.5 Å². The van der Waals surface area contributed by atoms with E-state index < -0.39 is 0 Å². The van der Waals surface area contributed by atoms with Crippen LogP contribution in [0.2, 0.25) is 0 Å². The van der Waals surface area contributed by atoms with Gasteiger partial charge in [0.15, 0.2) is 0 Å². The summed E-state index contributed by atoms with van der Waals surface area (Å²) in [6.07, 6.45) is 0. The van der Waals surface area contributed by atoms with Gasteiger partial charge in [-0.25, -0.2) is 4.98 Å². The molecular weight excluding hydrogens is 242 g/mol. The number of aromatic amines is 1. The van der Waals surface area contributed by atoms with E-state index in [9.17, 15) is 4.79 Å². The number of fused-ring (bicyclic) bond motifs is 1. The Morgan fingerprint density at radius 2 is 2.19 bits per heavy atom. The molecule has 0 saturated heterocycles. The highest BCUT2D eigenvalue weighted by molar-refractivity contribution is 7.17. The molecule has 80 valence electrons. The third kappa shape index (κ3) is 1.62. The second-order valence-electron chi connectivity index (χ2n) is 3.15. The van der Waals surface area contributed by atoms with Gasteiger partial charge in [-0.2, -0.15) is 0 Å². The van der Waals surface area contributed by atoms with E-state index in [0.717, 1.165) is 10.5 Å². The van der Waals surface area contributed by atoms with E-state index in [2.05, 4.69) is 15.3 Å². The van der Waals surface area contributed by atoms with E-state index in [4.69, 9.17) is 0 Å². The quantitative estimate of drug-likeness (QED) is 0.734. The molecule has 3 aromatic rings. The zero-order valence-corrected chi connectivity index (χ0v) is 9.69. The van der Waals surface area contributed by atoms with Crippen LogP contribution in [-0.2, 0) is 0 Å². The Bertz CT molecular complexity index is 669. The van der Waals surface area contributed by atoms with Crippen LogP contribution in [0.4, 0.5) is 10.9 Å². The van der Waals surface area contributed by atoms with E-state index >= 15 is 0 Å². The van der Waals surface area contributed by atoms with Crippen LogP contribution in [0.15, 0.2) is 33.8 Å². The largest absolute Gasteiger partial charge is 0.317 e. The van der Waals surface area contributed by atoms with Gasteiger partial charge in [-0.3, -0.25) is 9.78 Å². The van der Waals surface area contributed by atoms with Crippen LogP contribution in [-0.4, -0.2) is 9.97 Å². The highest BCUT2D eigenvalue weighted by Crippen LogP contribution is 2.20. The molecule has 0 spiro atoms. The number of aromatic nitrogens is 2. The summed E-state index contributed by atoms with van der Waals surface area (Å²) in [4.78, 5) is 18.7. The molecule has 0 aliphatic heterocycles. The first kappa shape index (κ1) is 9.56. The van der Waals surface area contributed by atoms with Gasteiger partial charge in [-0.15, -0.1) is 22.7 Å². The van der Waals surface area contributed by atoms with Crippen molar-refractivity contribution in [2.45, 2.75) is 0 Å². The lowest BCUT2D eigenvalue weighted by Gasteiger charge is -2.01. The van der Waals surface area contributed by atoms with Crippen molar-refractivity contribution in [3.8, 4) is 0 Å². The van der Waals surface area contributed by atoms with Crippen molar-refractivity contribution < 1.29 is 0 Å². The monoisotopic (exact) mass is 249 g/mol. The summed E-state index contributed by atoms with van der Waals surface area (Å²) in [6.45, 7) is 0. The topological polar surface area (TPSA) is 57.8 Å². The van der Waals surface area contributed by atoms with E-state index in [1.807, 2.05) is 29.0 Å². The van der Waals surface area contributed by atoms with Crippen molar-refractivity contribution >= 4 is 43.8 Å². The molecule has 0 bridgehead atoms. The molecule has 3 heterocycles. The Morgan fingerprint density at radius 1 is 1.25 bits per heavy atom. The minimum atomic E-state index is -0.0981. The van der Waals surface area contributed by atoms with Crippen LogP contribution in [0.25, 0.3) is 10.2 Å². The maximum atomic E-state index is 11.7. The van der Waals surface area contributed by atoms with E-state index in [1.54, 1.807) is 11.3 Å². The average molecular weight is 249 g/mol. The maximum Gasteiger partial charge on any atom is 0.270 e. The minimum Gasteiger partial charge on any atom is -0.317 e. The fourth-order valence-corrected chi connectivity index (χ4v) is 2.74. The standard InChI is InChI=1S/C10H7N3OS2/c14-9-8-6(3-5-16-8)11-10(13-9)12-7-2-1-4-15-7/h1-5H,(H2,11,12,13,14). The van der Waals surface area contributed by atoms with E-state index in [1.165, 1.54) is 11.3 Å². The lowest BCUT2D eigenvalue weighted by Crippen LogP contribution is -2.09. The lowest BCUT2D eigenvalue weighted by atomic mass is 10.5. The lowest BCUT2D eigenvalue weighted by molar-refractivity contribution is 1.18. The van der Waals surface area contributed by atoms with Crippen molar-refractivity contribution in [2.75, 3.05) is 5.32 Å². The Morgan fingerprint density at radius 3 is 3.00 bits per heavy atom. The van der Waals surface area contributed by atoms with Gasteiger partial charge in [0.1, 0.15) is 4.70 Å². The molecule has 0 aliphatic carbocycles. The number of H-pyrrole nitrogens is 1. The number of hydrogen-bond acceptors (Lipinski definition) is 5.